The van der Waals surface area contributed by atoms with Crippen molar-refractivity contribution in [2.75, 3.05) is 13.7 Å². The molecular formula is C31H36F3NO5. The van der Waals surface area contributed by atoms with E-state index in [0.717, 1.165) is 5.56 Å². The number of hydrogen-bond acceptors (Lipinski definition) is 6. The quantitative estimate of drug-likeness (QED) is 0.275. The molecule has 0 bridgehead atoms. The molecule has 1 aromatic heterocycles. The maximum absolute atomic E-state index is 14.5. The van der Waals surface area contributed by atoms with Crippen molar-refractivity contribution in [3.8, 4) is 22.8 Å². The van der Waals surface area contributed by atoms with Crippen LogP contribution in [0.5, 0.6) is 11.5 Å². The van der Waals surface area contributed by atoms with Gasteiger partial charge >= 0.3 is 6.18 Å². The van der Waals surface area contributed by atoms with Crippen LogP contribution in [0.25, 0.3) is 11.3 Å². The fourth-order valence-electron chi connectivity index (χ4n) is 4.07. The maximum atomic E-state index is 14.5. The molecular weight excluding hydrogens is 523 g/mol. The molecule has 40 heavy (non-hydrogen) atoms. The van der Waals surface area contributed by atoms with E-state index in [4.69, 9.17) is 9.47 Å². The molecule has 9 heteroatoms. The van der Waals surface area contributed by atoms with Crippen LogP contribution in [0.2, 0.25) is 0 Å². The Morgan fingerprint density at radius 3 is 2.20 bits per heavy atom. The molecule has 2 atom stereocenters. The van der Waals surface area contributed by atoms with Crippen molar-refractivity contribution >= 4 is 5.78 Å². The second kappa shape index (κ2) is 12.0. The Kier molecular flexibility index (Phi) is 9.31. The molecule has 0 saturated heterocycles. The van der Waals surface area contributed by atoms with Crippen LogP contribution in [0, 0.1) is 6.92 Å². The summed E-state index contributed by atoms with van der Waals surface area (Å²) in [6.07, 6.45) is -7.36. The normalized spacial score (nSPS) is 14.4. The van der Waals surface area contributed by atoms with Gasteiger partial charge in [-0.15, -0.1) is 0 Å². The average Bonchev–Trinajstić information content (AvgIpc) is 2.89. The first kappa shape index (κ1) is 31.1. The topological polar surface area (TPSA) is 88.9 Å². The van der Waals surface area contributed by atoms with Crippen molar-refractivity contribution in [1.29, 1.82) is 0 Å². The van der Waals surface area contributed by atoms with E-state index in [1.54, 1.807) is 25.1 Å². The van der Waals surface area contributed by atoms with Crippen LogP contribution in [-0.2, 0) is 11.0 Å². The zero-order chi connectivity index (χ0) is 29.9. The number of hydrogen-bond donors (Lipinski definition) is 2. The summed E-state index contributed by atoms with van der Waals surface area (Å²) in [5.74, 6) is -0.146. The van der Waals surface area contributed by atoms with Gasteiger partial charge in [0.1, 0.15) is 6.61 Å². The lowest BCUT2D eigenvalue weighted by Crippen LogP contribution is -2.43. The Morgan fingerprint density at radius 1 is 1.00 bits per heavy atom. The van der Waals surface area contributed by atoms with Gasteiger partial charge in [-0.25, -0.2) is 4.98 Å². The van der Waals surface area contributed by atoms with E-state index in [1.165, 1.54) is 31.4 Å². The van der Waals surface area contributed by atoms with E-state index in [0.29, 0.717) is 16.8 Å². The van der Waals surface area contributed by atoms with Crippen molar-refractivity contribution in [3.63, 3.8) is 0 Å². The molecule has 3 rings (SSSR count). The first-order chi connectivity index (χ1) is 18.5. The Balaban J connectivity index is 1.98. The fraction of sp³-hybridized carbons (Fsp3) is 0.419. The van der Waals surface area contributed by atoms with Crippen molar-refractivity contribution in [1.82, 2.24) is 4.98 Å². The minimum absolute atomic E-state index is 0.00647. The second-order valence-corrected chi connectivity index (χ2v) is 11.0. The number of ketones is 1. The van der Waals surface area contributed by atoms with Crippen LogP contribution in [0.1, 0.15) is 67.7 Å². The molecule has 0 aliphatic carbocycles. The van der Waals surface area contributed by atoms with E-state index in [9.17, 15) is 28.2 Å². The summed E-state index contributed by atoms with van der Waals surface area (Å²) in [6.45, 7) is 9.03. The van der Waals surface area contributed by atoms with Crippen LogP contribution < -0.4 is 9.47 Å². The van der Waals surface area contributed by atoms with Gasteiger partial charge in [0.2, 0.25) is 5.60 Å². The lowest BCUT2D eigenvalue weighted by atomic mass is 9.83. The zero-order valence-electron chi connectivity index (χ0n) is 23.6. The number of ether oxygens (including phenoxy) is 2. The molecule has 2 aromatic carbocycles. The first-order valence-corrected chi connectivity index (χ1v) is 13.0. The molecule has 6 nitrogen and oxygen atoms in total. The van der Waals surface area contributed by atoms with Crippen LogP contribution in [0.15, 0.2) is 54.6 Å². The molecule has 0 amide bonds. The van der Waals surface area contributed by atoms with Crippen molar-refractivity contribution < 1.29 is 37.7 Å². The molecule has 0 aliphatic heterocycles. The lowest BCUT2D eigenvalue weighted by Gasteiger charge is -2.32. The lowest BCUT2D eigenvalue weighted by molar-refractivity contribution is -0.270. The number of aliphatic hydroxyl groups is 2. The standard InChI is InChI=1S/C31H36F3NO5/c1-19-7-9-21(10-8-19)24-16-23(29(3,4)5)17-28(35-24)30(38,31(32,33)34)14-13-25(37)22-11-12-26(27(15-22)39-6)40-18-20(2)36/h7-12,15-17,20,36,38H,13-14,18H2,1-6H3/t20-,30?/m1/s1. The van der Waals surface area contributed by atoms with Gasteiger partial charge < -0.3 is 19.7 Å². The zero-order valence-corrected chi connectivity index (χ0v) is 23.6. The highest BCUT2D eigenvalue weighted by Crippen LogP contribution is 2.44. The Hall–Kier alpha value is -3.43. The molecule has 0 aliphatic rings. The third-order valence-electron chi connectivity index (χ3n) is 6.61. The number of Topliss-reactive ketones (excluding diaryl/α,β-unsaturated/α-hetero) is 1. The van der Waals surface area contributed by atoms with Crippen LogP contribution in [0.4, 0.5) is 13.2 Å². The molecule has 1 heterocycles. The smallest absolute Gasteiger partial charge is 0.422 e. The number of rotatable bonds is 10. The molecule has 0 fully saturated rings. The van der Waals surface area contributed by atoms with Gasteiger partial charge in [0.05, 0.1) is 24.6 Å². The number of aryl methyl sites for hydroxylation is 1. The van der Waals surface area contributed by atoms with E-state index in [2.05, 4.69) is 4.98 Å². The van der Waals surface area contributed by atoms with Crippen LogP contribution >= 0.6 is 0 Å². The number of benzene rings is 2. The average molecular weight is 560 g/mol. The van der Waals surface area contributed by atoms with Crippen LogP contribution in [-0.4, -0.2) is 47.0 Å². The highest BCUT2D eigenvalue weighted by Gasteiger charge is 2.56. The molecule has 0 saturated carbocycles. The van der Waals surface area contributed by atoms with E-state index in [1.807, 2.05) is 39.8 Å². The second-order valence-electron chi connectivity index (χ2n) is 11.0. The highest BCUT2D eigenvalue weighted by atomic mass is 19.4. The van der Waals surface area contributed by atoms with Gasteiger partial charge in [-0.2, -0.15) is 13.2 Å². The summed E-state index contributed by atoms with van der Waals surface area (Å²) in [6, 6.07) is 14.4. The maximum Gasteiger partial charge on any atom is 0.422 e. The third kappa shape index (κ3) is 7.20. The van der Waals surface area contributed by atoms with Gasteiger partial charge in [-0.1, -0.05) is 50.6 Å². The van der Waals surface area contributed by atoms with Crippen molar-refractivity contribution in [2.45, 2.75) is 70.8 Å². The molecule has 0 spiro atoms. The summed E-state index contributed by atoms with van der Waals surface area (Å²) in [4.78, 5) is 17.3. The van der Waals surface area contributed by atoms with E-state index in [-0.39, 0.29) is 23.7 Å². The van der Waals surface area contributed by atoms with Crippen molar-refractivity contribution in [2.24, 2.45) is 0 Å². The molecule has 2 N–H and O–H groups in total. The summed E-state index contributed by atoms with van der Waals surface area (Å²) in [5.41, 5.74) is -1.89. The molecule has 0 radical (unpaired) electrons. The Bertz CT molecular complexity index is 1330. The van der Waals surface area contributed by atoms with Gasteiger partial charge in [-0.3, -0.25) is 4.79 Å². The summed E-state index contributed by atoms with van der Waals surface area (Å²) < 4.78 is 54.3. The molecule has 3 aromatic rings. The monoisotopic (exact) mass is 559 g/mol. The van der Waals surface area contributed by atoms with Gasteiger partial charge in [0.25, 0.3) is 0 Å². The Labute approximate surface area is 232 Å². The predicted molar refractivity (Wildman–Crippen MR) is 147 cm³/mol. The number of nitrogens with zero attached hydrogens (tertiary/aromatic N) is 1. The first-order valence-electron chi connectivity index (χ1n) is 13.0. The fourth-order valence-corrected chi connectivity index (χ4v) is 4.07. The van der Waals surface area contributed by atoms with E-state index < -0.39 is 47.6 Å². The molecule has 216 valence electrons. The number of methoxy groups -OCH3 is 1. The largest absolute Gasteiger partial charge is 0.493 e. The number of aliphatic hydroxyl groups excluding tert-OH is 1. The van der Waals surface area contributed by atoms with Gasteiger partial charge in [0, 0.05) is 17.5 Å². The number of pyridine rings is 1. The van der Waals surface area contributed by atoms with E-state index >= 15 is 0 Å². The number of halogens is 3. The van der Waals surface area contributed by atoms with Gasteiger partial charge in [-0.05, 0) is 61.6 Å². The highest BCUT2D eigenvalue weighted by molar-refractivity contribution is 5.96. The number of carbonyl (C=O) groups excluding carboxylic acids is 1. The number of aromatic nitrogens is 1. The number of alkyl halides is 3. The minimum atomic E-state index is -5.10. The summed E-state index contributed by atoms with van der Waals surface area (Å²) in [5, 5.41) is 20.6. The summed E-state index contributed by atoms with van der Waals surface area (Å²) >= 11 is 0. The molecule has 1 unspecified atom stereocenters. The van der Waals surface area contributed by atoms with Crippen molar-refractivity contribution in [3.05, 3.63) is 77.0 Å². The summed E-state index contributed by atoms with van der Waals surface area (Å²) in [7, 11) is 1.36. The third-order valence-corrected chi connectivity index (χ3v) is 6.61. The predicted octanol–water partition coefficient (Wildman–Crippen LogP) is 6.54. The van der Waals surface area contributed by atoms with Gasteiger partial charge in [0.15, 0.2) is 17.3 Å². The number of carbonyl (C=O) groups is 1. The SMILES string of the molecule is COc1cc(C(=O)CCC(O)(c2cc(C(C)(C)C)cc(-c3ccc(C)cc3)n2)C(F)(F)F)ccc1OC[C@@H](C)O. The minimum Gasteiger partial charge on any atom is -0.493 e. The Morgan fingerprint density at radius 2 is 1.65 bits per heavy atom. The van der Waals surface area contributed by atoms with Crippen LogP contribution in [0.3, 0.4) is 0 Å².